The minimum Gasteiger partial charge on any atom is -0.487 e. The number of hydrogen-bond donors (Lipinski definition) is 0. The summed E-state index contributed by atoms with van der Waals surface area (Å²) in [6, 6.07) is 2.07. The lowest BCUT2D eigenvalue weighted by Gasteiger charge is -2.24. The van der Waals surface area contributed by atoms with Crippen molar-refractivity contribution in [3.63, 3.8) is 0 Å². The van der Waals surface area contributed by atoms with Crippen molar-refractivity contribution in [3.05, 3.63) is 16.0 Å². The van der Waals surface area contributed by atoms with Crippen LogP contribution in [0.2, 0.25) is 4.34 Å². The number of rotatable bonds is 5. The van der Waals surface area contributed by atoms with Crippen LogP contribution >= 0.6 is 22.9 Å². The van der Waals surface area contributed by atoms with Crippen LogP contribution in [0, 0.1) is 0 Å². The molecule has 0 atom stereocenters. The highest BCUT2D eigenvalue weighted by molar-refractivity contribution is 7.18. The molecule has 0 amide bonds. The zero-order valence-corrected chi connectivity index (χ0v) is 11.5. The number of halogens is 1. The number of hydrogen-bond acceptors (Lipinski definition) is 2. The van der Waals surface area contributed by atoms with Crippen LogP contribution in [0.5, 0.6) is 5.06 Å². The Hall–Kier alpha value is -0.210. The van der Waals surface area contributed by atoms with Gasteiger partial charge in [-0.15, -0.1) is 0 Å². The number of unbranched alkanes of at least 4 members (excludes halogenated alkanes) is 1. The Bertz CT molecular complexity index is 317. The second-order valence-electron chi connectivity index (χ2n) is 4.44. The second-order valence-corrected chi connectivity index (χ2v) is 6.06. The number of ether oxygens (including phenoxy) is 1. The molecule has 0 aliphatic carbocycles. The lowest BCUT2D eigenvalue weighted by molar-refractivity contribution is 0.422. The molecule has 1 aromatic heterocycles. The average Bonchev–Trinajstić information content (AvgIpc) is 2.57. The zero-order chi connectivity index (χ0) is 11.5. The Morgan fingerprint density at radius 3 is 2.60 bits per heavy atom. The van der Waals surface area contributed by atoms with Gasteiger partial charge in [-0.05, 0) is 23.5 Å². The van der Waals surface area contributed by atoms with Crippen molar-refractivity contribution in [2.24, 2.45) is 0 Å². The van der Waals surface area contributed by atoms with E-state index in [1.807, 2.05) is 0 Å². The quantitative estimate of drug-likeness (QED) is 0.720. The summed E-state index contributed by atoms with van der Waals surface area (Å²) in [7, 11) is 1.69. The summed E-state index contributed by atoms with van der Waals surface area (Å²) in [5.41, 5.74) is 1.37. The number of methoxy groups -OCH3 is 1. The van der Waals surface area contributed by atoms with Gasteiger partial charge in [0, 0.05) is 0 Å². The molecule has 0 N–H and O–H groups in total. The van der Waals surface area contributed by atoms with Crippen LogP contribution < -0.4 is 4.74 Å². The normalized spacial score (nSPS) is 11.8. The Morgan fingerprint density at radius 2 is 2.13 bits per heavy atom. The third-order valence-corrected chi connectivity index (χ3v) is 4.07. The van der Waals surface area contributed by atoms with Crippen LogP contribution in [-0.4, -0.2) is 7.11 Å². The molecular weight excluding hydrogens is 228 g/mol. The minimum absolute atomic E-state index is 0.153. The molecule has 0 fully saturated rings. The van der Waals surface area contributed by atoms with E-state index in [0.717, 1.165) is 9.40 Å². The first kappa shape index (κ1) is 12.9. The van der Waals surface area contributed by atoms with Gasteiger partial charge >= 0.3 is 0 Å². The lowest BCUT2D eigenvalue weighted by Crippen LogP contribution is -2.16. The molecule has 0 saturated carbocycles. The molecule has 0 aromatic carbocycles. The summed E-state index contributed by atoms with van der Waals surface area (Å²) in [6.07, 6.45) is 3.63. The summed E-state index contributed by atoms with van der Waals surface area (Å²) in [6.45, 7) is 6.71. The summed E-state index contributed by atoms with van der Waals surface area (Å²) < 4.78 is 6.08. The first-order valence-electron chi connectivity index (χ1n) is 5.35. The summed E-state index contributed by atoms with van der Waals surface area (Å²) in [5, 5.41) is 0.902. The van der Waals surface area contributed by atoms with E-state index >= 15 is 0 Å². The molecule has 0 unspecified atom stereocenters. The standard InChI is InChI=1S/C12H19ClOS/c1-5-6-7-12(2,3)9-8-10(14-4)15-11(9)13/h8H,5-7H2,1-4H3. The lowest BCUT2D eigenvalue weighted by atomic mass is 9.82. The largest absolute Gasteiger partial charge is 0.487 e. The minimum atomic E-state index is 0.153. The maximum Gasteiger partial charge on any atom is 0.175 e. The first-order chi connectivity index (χ1) is 7.01. The molecule has 0 aliphatic heterocycles. The smallest absolute Gasteiger partial charge is 0.175 e. The molecule has 1 nitrogen and oxygen atoms in total. The first-order valence-corrected chi connectivity index (χ1v) is 6.54. The SMILES string of the molecule is CCCCC(C)(C)c1cc(OC)sc1Cl. The van der Waals surface area contributed by atoms with E-state index in [-0.39, 0.29) is 5.41 Å². The van der Waals surface area contributed by atoms with Crippen molar-refractivity contribution in [1.82, 2.24) is 0 Å². The van der Waals surface area contributed by atoms with Gasteiger partial charge in [0.25, 0.3) is 0 Å². The summed E-state index contributed by atoms with van der Waals surface area (Å²) in [4.78, 5) is 0. The molecule has 0 spiro atoms. The second kappa shape index (κ2) is 5.22. The van der Waals surface area contributed by atoms with Gasteiger partial charge in [0.15, 0.2) is 5.06 Å². The monoisotopic (exact) mass is 246 g/mol. The van der Waals surface area contributed by atoms with E-state index in [1.165, 1.54) is 36.2 Å². The van der Waals surface area contributed by atoms with Crippen LogP contribution in [0.4, 0.5) is 0 Å². The Kier molecular flexibility index (Phi) is 4.47. The Morgan fingerprint density at radius 1 is 1.47 bits per heavy atom. The van der Waals surface area contributed by atoms with Crippen LogP contribution in [-0.2, 0) is 5.41 Å². The van der Waals surface area contributed by atoms with Crippen LogP contribution in [0.25, 0.3) is 0 Å². The fraction of sp³-hybridized carbons (Fsp3) is 0.667. The Balaban J connectivity index is 2.87. The van der Waals surface area contributed by atoms with Crippen LogP contribution in [0.15, 0.2) is 6.07 Å². The predicted molar refractivity (Wildman–Crippen MR) is 68.4 cm³/mol. The van der Waals surface area contributed by atoms with E-state index in [9.17, 15) is 0 Å². The molecule has 1 rings (SSSR count). The fourth-order valence-corrected chi connectivity index (χ4v) is 3.08. The van der Waals surface area contributed by atoms with Crippen molar-refractivity contribution in [2.45, 2.75) is 45.4 Å². The highest BCUT2D eigenvalue weighted by Crippen LogP contribution is 2.42. The van der Waals surface area contributed by atoms with E-state index in [1.54, 1.807) is 7.11 Å². The predicted octanol–water partition coefficient (Wildman–Crippen LogP) is 4.88. The third kappa shape index (κ3) is 3.12. The van der Waals surface area contributed by atoms with Crippen LogP contribution in [0.1, 0.15) is 45.6 Å². The zero-order valence-electron chi connectivity index (χ0n) is 9.89. The average molecular weight is 247 g/mol. The third-order valence-electron chi connectivity index (χ3n) is 2.75. The van der Waals surface area contributed by atoms with Gasteiger partial charge in [-0.3, -0.25) is 0 Å². The van der Waals surface area contributed by atoms with Gasteiger partial charge in [0.2, 0.25) is 0 Å². The topological polar surface area (TPSA) is 9.23 Å². The van der Waals surface area contributed by atoms with Gasteiger partial charge < -0.3 is 4.74 Å². The van der Waals surface area contributed by atoms with Gasteiger partial charge in [-0.25, -0.2) is 0 Å². The van der Waals surface area contributed by atoms with Gasteiger partial charge in [0.1, 0.15) is 4.34 Å². The maximum atomic E-state index is 6.23. The van der Waals surface area contributed by atoms with Crippen molar-refractivity contribution >= 4 is 22.9 Å². The molecule has 1 aromatic rings. The highest BCUT2D eigenvalue weighted by atomic mass is 35.5. The van der Waals surface area contributed by atoms with Crippen LogP contribution in [0.3, 0.4) is 0 Å². The Labute approximate surface area is 101 Å². The molecule has 86 valence electrons. The molecule has 0 bridgehead atoms. The highest BCUT2D eigenvalue weighted by Gasteiger charge is 2.25. The molecule has 1 heterocycles. The molecule has 15 heavy (non-hydrogen) atoms. The molecule has 0 saturated heterocycles. The fourth-order valence-electron chi connectivity index (χ4n) is 1.66. The number of thiophene rings is 1. The van der Waals surface area contributed by atoms with Gasteiger partial charge in [0.05, 0.1) is 7.11 Å². The molecular formula is C12H19ClOS. The van der Waals surface area contributed by atoms with Crippen molar-refractivity contribution in [2.75, 3.05) is 7.11 Å². The van der Waals surface area contributed by atoms with Crippen molar-refractivity contribution < 1.29 is 4.74 Å². The summed E-state index contributed by atoms with van der Waals surface area (Å²) >= 11 is 7.74. The summed E-state index contributed by atoms with van der Waals surface area (Å²) in [5.74, 6) is 0. The van der Waals surface area contributed by atoms with Gasteiger partial charge in [-0.2, -0.15) is 0 Å². The van der Waals surface area contributed by atoms with Gasteiger partial charge in [-0.1, -0.05) is 56.6 Å². The maximum absolute atomic E-state index is 6.23. The van der Waals surface area contributed by atoms with E-state index in [4.69, 9.17) is 16.3 Å². The van der Waals surface area contributed by atoms with E-state index < -0.39 is 0 Å². The van der Waals surface area contributed by atoms with E-state index in [0.29, 0.717) is 0 Å². The molecule has 0 aliphatic rings. The van der Waals surface area contributed by atoms with Crippen molar-refractivity contribution in [1.29, 1.82) is 0 Å². The molecule has 0 radical (unpaired) electrons. The molecule has 3 heteroatoms. The van der Waals surface area contributed by atoms with E-state index in [2.05, 4.69) is 26.8 Å². The van der Waals surface area contributed by atoms with Crippen molar-refractivity contribution in [3.8, 4) is 5.06 Å².